The van der Waals surface area contributed by atoms with E-state index in [2.05, 4.69) is 10.3 Å². The zero-order valence-electron chi connectivity index (χ0n) is 10.2. The van der Waals surface area contributed by atoms with Crippen LogP contribution in [0.5, 0.6) is 0 Å². The topological polar surface area (TPSA) is 77.2 Å². The predicted molar refractivity (Wildman–Crippen MR) is 69.6 cm³/mol. The smallest absolute Gasteiger partial charge is 0.244 e. The molecule has 0 saturated carbocycles. The van der Waals surface area contributed by atoms with E-state index in [4.69, 9.17) is 22.1 Å². The summed E-state index contributed by atoms with van der Waals surface area (Å²) in [5.74, 6) is -0.236. The third-order valence-electron chi connectivity index (χ3n) is 3.06. The van der Waals surface area contributed by atoms with E-state index >= 15 is 0 Å². The lowest BCUT2D eigenvalue weighted by Gasteiger charge is -2.31. The number of halogens is 1. The van der Waals surface area contributed by atoms with Gasteiger partial charge in [0.2, 0.25) is 5.91 Å². The molecule has 18 heavy (non-hydrogen) atoms. The van der Waals surface area contributed by atoms with Gasteiger partial charge in [0, 0.05) is 19.4 Å². The average molecular weight is 270 g/mol. The van der Waals surface area contributed by atoms with Crippen molar-refractivity contribution in [3.05, 3.63) is 23.0 Å². The number of ether oxygens (including phenoxy) is 1. The molecule has 0 aliphatic carbocycles. The standard InChI is InChI=1S/C12H16ClN3O2/c1-8-6-9(10(13)15-7-8)16-11(17)12(14)2-4-18-5-3-12/h6-7H,2-5,14H2,1H3,(H,16,17). The van der Waals surface area contributed by atoms with Gasteiger partial charge >= 0.3 is 0 Å². The highest BCUT2D eigenvalue weighted by Crippen LogP contribution is 2.24. The normalized spacial score (nSPS) is 18.4. The van der Waals surface area contributed by atoms with E-state index in [0.29, 0.717) is 31.7 Å². The Bertz CT molecular complexity index is 459. The van der Waals surface area contributed by atoms with Gasteiger partial charge in [-0.2, -0.15) is 0 Å². The van der Waals surface area contributed by atoms with Gasteiger partial charge in [-0.3, -0.25) is 4.79 Å². The maximum absolute atomic E-state index is 12.2. The van der Waals surface area contributed by atoms with E-state index in [-0.39, 0.29) is 11.1 Å². The van der Waals surface area contributed by atoms with Crippen LogP contribution in [0.2, 0.25) is 5.15 Å². The zero-order chi connectivity index (χ0) is 13.2. The van der Waals surface area contributed by atoms with Gasteiger partial charge in [0.05, 0.1) is 5.69 Å². The van der Waals surface area contributed by atoms with Crippen LogP contribution in [0.25, 0.3) is 0 Å². The van der Waals surface area contributed by atoms with Crippen molar-refractivity contribution < 1.29 is 9.53 Å². The fraction of sp³-hybridized carbons (Fsp3) is 0.500. The number of carbonyl (C=O) groups is 1. The number of aromatic nitrogens is 1. The summed E-state index contributed by atoms with van der Waals surface area (Å²) in [6.45, 7) is 2.89. The SMILES string of the molecule is Cc1cnc(Cl)c(NC(=O)C2(N)CCOCC2)c1. The fourth-order valence-corrected chi connectivity index (χ4v) is 2.00. The van der Waals surface area contributed by atoms with Crippen LogP contribution < -0.4 is 11.1 Å². The lowest BCUT2D eigenvalue weighted by atomic mass is 9.90. The van der Waals surface area contributed by atoms with Crippen LogP contribution in [0.15, 0.2) is 12.3 Å². The van der Waals surface area contributed by atoms with Gasteiger partial charge in [0.1, 0.15) is 5.54 Å². The first-order chi connectivity index (χ1) is 8.51. The molecule has 0 bridgehead atoms. The Morgan fingerprint density at radius 3 is 2.89 bits per heavy atom. The van der Waals surface area contributed by atoms with Crippen molar-refractivity contribution >= 4 is 23.2 Å². The Hall–Kier alpha value is -1.17. The maximum Gasteiger partial charge on any atom is 0.244 e. The molecular weight excluding hydrogens is 254 g/mol. The number of amides is 1. The molecule has 5 nitrogen and oxygen atoms in total. The van der Waals surface area contributed by atoms with E-state index < -0.39 is 5.54 Å². The molecule has 6 heteroatoms. The first-order valence-corrected chi connectivity index (χ1v) is 6.19. The third kappa shape index (κ3) is 2.80. The minimum atomic E-state index is -0.884. The minimum Gasteiger partial charge on any atom is -0.381 e. The number of anilines is 1. The van der Waals surface area contributed by atoms with Crippen molar-refractivity contribution in [1.82, 2.24) is 4.98 Å². The number of pyridine rings is 1. The number of hydrogen-bond donors (Lipinski definition) is 2. The molecule has 1 amide bonds. The Morgan fingerprint density at radius 2 is 2.22 bits per heavy atom. The number of nitrogens with one attached hydrogen (secondary N) is 1. The molecule has 0 unspecified atom stereocenters. The molecule has 0 atom stereocenters. The zero-order valence-corrected chi connectivity index (χ0v) is 11.0. The van der Waals surface area contributed by atoms with Crippen molar-refractivity contribution in [3.8, 4) is 0 Å². The van der Waals surface area contributed by atoms with Crippen molar-refractivity contribution in [2.45, 2.75) is 25.3 Å². The number of hydrogen-bond acceptors (Lipinski definition) is 4. The van der Waals surface area contributed by atoms with Crippen LogP contribution in [0.3, 0.4) is 0 Å². The predicted octanol–water partition coefficient (Wildman–Crippen LogP) is 1.49. The van der Waals surface area contributed by atoms with Crippen LogP contribution in [-0.2, 0) is 9.53 Å². The summed E-state index contributed by atoms with van der Waals surface area (Å²) >= 11 is 5.93. The highest BCUT2D eigenvalue weighted by atomic mass is 35.5. The average Bonchev–Trinajstić information content (AvgIpc) is 2.35. The lowest BCUT2D eigenvalue weighted by molar-refractivity contribution is -0.124. The molecule has 1 aliphatic rings. The Balaban J connectivity index is 2.13. The van der Waals surface area contributed by atoms with Gasteiger partial charge in [-0.05, 0) is 31.4 Å². The number of carbonyl (C=O) groups excluding carboxylic acids is 1. The van der Waals surface area contributed by atoms with Gasteiger partial charge in [-0.25, -0.2) is 4.98 Å². The van der Waals surface area contributed by atoms with E-state index in [1.54, 1.807) is 12.3 Å². The van der Waals surface area contributed by atoms with E-state index in [1.165, 1.54) is 0 Å². The quantitative estimate of drug-likeness (QED) is 0.798. The Labute approximate surface area is 111 Å². The molecular formula is C12H16ClN3O2. The lowest BCUT2D eigenvalue weighted by Crippen LogP contribution is -2.54. The molecule has 3 N–H and O–H groups in total. The molecule has 98 valence electrons. The number of aryl methyl sites for hydroxylation is 1. The highest BCUT2D eigenvalue weighted by molar-refractivity contribution is 6.32. The number of nitrogens with two attached hydrogens (primary N) is 1. The summed E-state index contributed by atoms with van der Waals surface area (Å²) in [5, 5.41) is 3.02. The second-order valence-corrected chi connectivity index (χ2v) is 4.93. The first kappa shape index (κ1) is 13.3. The van der Waals surface area contributed by atoms with E-state index in [1.807, 2.05) is 6.92 Å². The van der Waals surface area contributed by atoms with Crippen molar-refractivity contribution in [2.75, 3.05) is 18.5 Å². The monoisotopic (exact) mass is 269 g/mol. The molecule has 0 spiro atoms. The fourth-order valence-electron chi connectivity index (χ4n) is 1.85. The highest BCUT2D eigenvalue weighted by Gasteiger charge is 2.36. The van der Waals surface area contributed by atoms with Crippen LogP contribution in [-0.4, -0.2) is 29.6 Å². The van der Waals surface area contributed by atoms with Gasteiger partial charge in [0.25, 0.3) is 0 Å². The summed E-state index contributed by atoms with van der Waals surface area (Å²) < 4.78 is 5.21. The Kier molecular flexibility index (Phi) is 3.85. The van der Waals surface area contributed by atoms with Crippen molar-refractivity contribution in [1.29, 1.82) is 0 Å². The second kappa shape index (κ2) is 5.22. The first-order valence-electron chi connectivity index (χ1n) is 5.81. The summed E-state index contributed by atoms with van der Waals surface area (Å²) in [4.78, 5) is 16.2. The van der Waals surface area contributed by atoms with Crippen molar-refractivity contribution in [3.63, 3.8) is 0 Å². The largest absolute Gasteiger partial charge is 0.381 e. The number of rotatable bonds is 2. The van der Waals surface area contributed by atoms with Gasteiger partial charge < -0.3 is 15.8 Å². The molecule has 0 aromatic carbocycles. The molecule has 0 radical (unpaired) electrons. The van der Waals surface area contributed by atoms with Crippen LogP contribution in [0.4, 0.5) is 5.69 Å². The van der Waals surface area contributed by atoms with E-state index in [9.17, 15) is 4.79 Å². The second-order valence-electron chi connectivity index (χ2n) is 4.57. The van der Waals surface area contributed by atoms with Crippen molar-refractivity contribution in [2.24, 2.45) is 5.73 Å². The molecule has 1 aromatic heterocycles. The van der Waals surface area contributed by atoms with Gasteiger partial charge in [-0.1, -0.05) is 11.6 Å². The molecule has 2 heterocycles. The molecule has 1 saturated heterocycles. The van der Waals surface area contributed by atoms with E-state index in [0.717, 1.165) is 5.56 Å². The van der Waals surface area contributed by atoms with Crippen LogP contribution in [0, 0.1) is 6.92 Å². The molecule has 1 aliphatic heterocycles. The maximum atomic E-state index is 12.2. The van der Waals surface area contributed by atoms with Gasteiger partial charge in [-0.15, -0.1) is 0 Å². The third-order valence-corrected chi connectivity index (χ3v) is 3.36. The number of nitrogens with zero attached hydrogens (tertiary/aromatic N) is 1. The summed E-state index contributed by atoms with van der Waals surface area (Å²) in [6.07, 6.45) is 2.66. The molecule has 1 fully saturated rings. The summed E-state index contributed by atoms with van der Waals surface area (Å²) in [5.41, 5.74) is 6.62. The molecule has 2 rings (SSSR count). The molecule has 1 aromatic rings. The summed E-state index contributed by atoms with van der Waals surface area (Å²) in [7, 11) is 0. The van der Waals surface area contributed by atoms with Crippen LogP contribution in [0.1, 0.15) is 18.4 Å². The minimum absolute atomic E-state index is 0.236. The summed E-state index contributed by atoms with van der Waals surface area (Å²) in [6, 6.07) is 1.77. The van der Waals surface area contributed by atoms with Crippen LogP contribution >= 0.6 is 11.6 Å². The Morgan fingerprint density at radius 1 is 1.56 bits per heavy atom. The van der Waals surface area contributed by atoms with Gasteiger partial charge in [0.15, 0.2) is 5.15 Å².